The highest BCUT2D eigenvalue weighted by molar-refractivity contribution is 5.78. The Bertz CT molecular complexity index is 296. The summed E-state index contributed by atoms with van der Waals surface area (Å²) in [6.45, 7) is 11.8. The Morgan fingerprint density at radius 3 is 2.37 bits per heavy atom. The highest BCUT2D eigenvalue weighted by Crippen LogP contribution is 2.18. The Morgan fingerprint density at radius 2 is 1.89 bits per heavy atom. The molecular formula is C15H29N3O. The van der Waals surface area contributed by atoms with Crippen molar-refractivity contribution in [2.45, 2.75) is 39.7 Å². The van der Waals surface area contributed by atoms with E-state index in [1.54, 1.807) is 0 Å². The second-order valence-corrected chi connectivity index (χ2v) is 6.51. The van der Waals surface area contributed by atoms with Crippen molar-refractivity contribution in [3.63, 3.8) is 0 Å². The number of nitrogens with one attached hydrogen (secondary N) is 2. The molecule has 0 radical (unpaired) electrons. The minimum absolute atomic E-state index is 0.146. The zero-order valence-electron chi connectivity index (χ0n) is 12.6. The summed E-state index contributed by atoms with van der Waals surface area (Å²) in [7, 11) is 0. The first-order valence-electron chi connectivity index (χ1n) is 7.82. The Morgan fingerprint density at radius 1 is 1.26 bits per heavy atom. The third-order valence-corrected chi connectivity index (χ3v) is 4.80. The molecule has 0 bridgehead atoms. The predicted molar refractivity (Wildman–Crippen MR) is 78.0 cm³/mol. The molecule has 2 fully saturated rings. The number of hydrogen-bond donors (Lipinski definition) is 2. The van der Waals surface area contributed by atoms with Crippen molar-refractivity contribution in [3.8, 4) is 0 Å². The van der Waals surface area contributed by atoms with Gasteiger partial charge in [-0.25, -0.2) is 0 Å². The van der Waals surface area contributed by atoms with Gasteiger partial charge in [0.15, 0.2) is 0 Å². The molecule has 0 saturated carbocycles. The first-order valence-corrected chi connectivity index (χ1v) is 7.82. The van der Waals surface area contributed by atoms with E-state index in [1.807, 2.05) is 0 Å². The van der Waals surface area contributed by atoms with E-state index >= 15 is 0 Å². The first kappa shape index (κ1) is 14.8. The largest absolute Gasteiger partial charge is 0.354 e. The minimum Gasteiger partial charge on any atom is -0.354 e. The Hall–Kier alpha value is -0.610. The van der Waals surface area contributed by atoms with E-state index in [0.717, 1.165) is 19.6 Å². The molecule has 2 unspecified atom stereocenters. The van der Waals surface area contributed by atoms with Gasteiger partial charge in [-0.3, -0.25) is 9.69 Å². The fraction of sp³-hybridized carbons (Fsp3) is 0.933. The number of amides is 1. The van der Waals surface area contributed by atoms with Crippen molar-refractivity contribution in [2.75, 3.05) is 32.7 Å². The second kappa shape index (κ2) is 6.71. The van der Waals surface area contributed by atoms with Gasteiger partial charge in [0, 0.05) is 18.5 Å². The number of carbonyl (C=O) groups excluding carboxylic acids is 1. The highest BCUT2D eigenvalue weighted by atomic mass is 16.1. The molecule has 2 saturated heterocycles. The molecule has 0 aliphatic carbocycles. The van der Waals surface area contributed by atoms with Gasteiger partial charge >= 0.3 is 0 Å². The van der Waals surface area contributed by atoms with Crippen LogP contribution in [0.15, 0.2) is 0 Å². The number of rotatable bonds is 6. The van der Waals surface area contributed by atoms with Crippen molar-refractivity contribution in [3.05, 3.63) is 0 Å². The molecule has 1 amide bonds. The molecular weight excluding hydrogens is 238 g/mol. The molecule has 2 N–H and O–H groups in total. The molecule has 2 rings (SSSR count). The molecule has 2 atom stereocenters. The van der Waals surface area contributed by atoms with E-state index in [9.17, 15) is 4.79 Å². The molecule has 2 aliphatic rings. The molecule has 0 aromatic carbocycles. The third-order valence-electron chi connectivity index (χ3n) is 4.80. The van der Waals surface area contributed by atoms with Gasteiger partial charge in [-0.2, -0.15) is 0 Å². The minimum atomic E-state index is 0.146. The van der Waals surface area contributed by atoms with E-state index < -0.39 is 0 Å². The van der Waals surface area contributed by atoms with Crippen molar-refractivity contribution < 1.29 is 4.79 Å². The van der Waals surface area contributed by atoms with Crippen molar-refractivity contribution in [1.82, 2.24) is 15.5 Å². The molecule has 110 valence electrons. The zero-order valence-corrected chi connectivity index (χ0v) is 12.6. The van der Waals surface area contributed by atoms with Crippen molar-refractivity contribution in [2.24, 2.45) is 17.8 Å². The fourth-order valence-corrected chi connectivity index (χ4v) is 3.10. The molecule has 4 heteroatoms. The van der Waals surface area contributed by atoms with E-state index in [1.165, 1.54) is 25.9 Å². The van der Waals surface area contributed by atoms with Gasteiger partial charge < -0.3 is 10.6 Å². The van der Waals surface area contributed by atoms with Crippen molar-refractivity contribution >= 4 is 5.91 Å². The monoisotopic (exact) mass is 267 g/mol. The first-order chi connectivity index (χ1) is 9.09. The lowest BCUT2D eigenvalue weighted by molar-refractivity contribution is -0.127. The van der Waals surface area contributed by atoms with Gasteiger partial charge in [0.25, 0.3) is 0 Å². The molecule has 2 aliphatic heterocycles. The maximum Gasteiger partial charge on any atom is 0.223 e. The summed E-state index contributed by atoms with van der Waals surface area (Å²) in [4.78, 5) is 14.7. The average Bonchev–Trinajstić information content (AvgIpc) is 2.79. The van der Waals surface area contributed by atoms with Crippen LogP contribution in [0, 0.1) is 17.8 Å². The SMILES string of the molecule is CC(C)C(CNC(=O)C(C)C1CNC1)N1CCCC1. The Labute approximate surface area is 117 Å². The van der Waals surface area contributed by atoms with Crippen molar-refractivity contribution in [1.29, 1.82) is 0 Å². The number of carbonyl (C=O) groups is 1. The van der Waals surface area contributed by atoms with Gasteiger partial charge in [0.05, 0.1) is 0 Å². The Kier molecular flexibility index (Phi) is 5.22. The Balaban J connectivity index is 1.79. The normalized spacial score (nSPS) is 24.2. The predicted octanol–water partition coefficient (Wildman–Crippen LogP) is 1.08. The van der Waals surface area contributed by atoms with Crippen LogP contribution in [0.5, 0.6) is 0 Å². The van der Waals surface area contributed by atoms with Crippen LogP contribution < -0.4 is 10.6 Å². The molecule has 2 heterocycles. The van der Waals surface area contributed by atoms with Crippen LogP contribution in [0.4, 0.5) is 0 Å². The lowest BCUT2D eigenvalue weighted by atomic mass is 9.88. The maximum absolute atomic E-state index is 12.2. The lowest BCUT2D eigenvalue weighted by Crippen LogP contribution is -2.52. The van der Waals surface area contributed by atoms with E-state index in [-0.39, 0.29) is 11.8 Å². The summed E-state index contributed by atoms with van der Waals surface area (Å²) in [5.41, 5.74) is 0. The van der Waals surface area contributed by atoms with E-state index in [0.29, 0.717) is 17.9 Å². The lowest BCUT2D eigenvalue weighted by Gasteiger charge is -2.34. The molecule has 4 nitrogen and oxygen atoms in total. The van der Waals surface area contributed by atoms with Crippen LogP contribution in [-0.4, -0.2) is 49.6 Å². The summed E-state index contributed by atoms with van der Waals surface area (Å²) < 4.78 is 0. The standard InChI is InChI=1S/C15H29N3O/c1-11(2)14(18-6-4-5-7-18)10-17-15(19)12(3)13-8-16-9-13/h11-14,16H,4-10H2,1-3H3,(H,17,19). The number of nitrogens with zero attached hydrogens (tertiary/aromatic N) is 1. The summed E-state index contributed by atoms with van der Waals surface area (Å²) in [6.07, 6.45) is 2.61. The number of likely N-dealkylation sites (tertiary alicyclic amines) is 1. The highest BCUT2D eigenvalue weighted by Gasteiger charge is 2.30. The quantitative estimate of drug-likeness (QED) is 0.757. The third kappa shape index (κ3) is 3.69. The molecule has 0 spiro atoms. The van der Waals surface area contributed by atoms with Gasteiger partial charge in [-0.05, 0) is 50.9 Å². The molecule has 19 heavy (non-hydrogen) atoms. The van der Waals surface area contributed by atoms with Gasteiger partial charge in [-0.1, -0.05) is 20.8 Å². The average molecular weight is 267 g/mol. The summed E-state index contributed by atoms with van der Waals surface area (Å²) >= 11 is 0. The smallest absolute Gasteiger partial charge is 0.223 e. The van der Waals surface area contributed by atoms with Gasteiger partial charge in [0.2, 0.25) is 5.91 Å². The van der Waals surface area contributed by atoms with Crippen LogP contribution in [0.2, 0.25) is 0 Å². The summed E-state index contributed by atoms with van der Waals surface area (Å²) in [6, 6.07) is 0.498. The molecule has 0 aromatic heterocycles. The summed E-state index contributed by atoms with van der Waals surface area (Å²) in [5, 5.41) is 6.42. The molecule has 0 aromatic rings. The second-order valence-electron chi connectivity index (χ2n) is 6.51. The van der Waals surface area contributed by atoms with E-state index in [4.69, 9.17) is 0 Å². The summed E-state index contributed by atoms with van der Waals surface area (Å²) in [5.74, 6) is 1.51. The van der Waals surface area contributed by atoms with Crippen LogP contribution >= 0.6 is 0 Å². The maximum atomic E-state index is 12.2. The van der Waals surface area contributed by atoms with Crippen LogP contribution in [0.25, 0.3) is 0 Å². The van der Waals surface area contributed by atoms with Crippen LogP contribution in [0.1, 0.15) is 33.6 Å². The van der Waals surface area contributed by atoms with Gasteiger partial charge in [-0.15, -0.1) is 0 Å². The number of hydrogen-bond acceptors (Lipinski definition) is 3. The van der Waals surface area contributed by atoms with Crippen LogP contribution in [0.3, 0.4) is 0 Å². The van der Waals surface area contributed by atoms with E-state index in [2.05, 4.69) is 36.3 Å². The fourth-order valence-electron chi connectivity index (χ4n) is 3.10. The van der Waals surface area contributed by atoms with Crippen LogP contribution in [-0.2, 0) is 4.79 Å². The topological polar surface area (TPSA) is 44.4 Å². The van der Waals surface area contributed by atoms with Gasteiger partial charge in [0.1, 0.15) is 0 Å². The zero-order chi connectivity index (χ0) is 13.8.